The van der Waals surface area contributed by atoms with Crippen molar-refractivity contribution in [3.63, 3.8) is 0 Å². The van der Waals surface area contributed by atoms with Gasteiger partial charge in [0.2, 0.25) is 0 Å². The largest absolute Gasteiger partial charge is 0.355 e. The number of rotatable bonds is 2. The van der Waals surface area contributed by atoms with Gasteiger partial charge in [0.05, 0.1) is 5.56 Å². The lowest BCUT2D eigenvalue weighted by molar-refractivity contribution is 0.0962. The lowest BCUT2D eigenvalue weighted by Gasteiger charge is -2.11. The predicted molar refractivity (Wildman–Crippen MR) is 71.5 cm³/mol. The van der Waals surface area contributed by atoms with E-state index in [1.54, 1.807) is 13.2 Å². The topological polar surface area (TPSA) is 46.9 Å². The van der Waals surface area contributed by atoms with Crippen LogP contribution in [0.4, 0.5) is 0 Å². The van der Waals surface area contributed by atoms with Gasteiger partial charge in [0.25, 0.3) is 5.91 Å². The van der Waals surface area contributed by atoms with Gasteiger partial charge in [-0.05, 0) is 12.1 Å². The van der Waals surface area contributed by atoms with Crippen LogP contribution in [0.15, 0.2) is 36.8 Å². The van der Waals surface area contributed by atoms with Gasteiger partial charge in [-0.15, -0.1) is 11.8 Å². The maximum absolute atomic E-state index is 11.7. The molecule has 0 radical (unpaired) electrons. The summed E-state index contributed by atoms with van der Waals surface area (Å²) in [4.78, 5) is 15.9. The average Bonchev–Trinajstić information content (AvgIpc) is 3.00. The highest BCUT2D eigenvalue weighted by Crippen LogP contribution is 2.41. The normalized spacial score (nSPS) is 17.5. The van der Waals surface area contributed by atoms with Crippen LogP contribution in [-0.2, 0) is 5.75 Å². The molecule has 92 valence electrons. The zero-order valence-corrected chi connectivity index (χ0v) is 10.8. The first-order valence-corrected chi connectivity index (χ1v) is 6.79. The first kappa shape index (κ1) is 11.3. The van der Waals surface area contributed by atoms with Crippen LogP contribution in [0.5, 0.6) is 0 Å². The van der Waals surface area contributed by atoms with Gasteiger partial charge >= 0.3 is 0 Å². The quantitative estimate of drug-likeness (QED) is 0.897. The van der Waals surface area contributed by atoms with E-state index in [1.807, 2.05) is 36.3 Å². The first-order chi connectivity index (χ1) is 8.81. The van der Waals surface area contributed by atoms with E-state index in [0.717, 1.165) is 17.0 Å². The van der Waals surface area contributed by atoms with Crippen molar-refractivity contribution in [1.82, 2.24) is 14.9 Å². The van der Waals surface area contributed by atoms with Crippen LogP contribution < -0.4 is 5.32 Å². The van der Waals surface area contributed by atoms with Crippen molar-refractivity contribution in [2.75, 3.05) is 7.05 Å². The maximum atomic E-state index is 11.7. The molecular formula is C13H13N3OS. The summed E-state index contributed by atoms with van der Waals surface area (Å²) in [5, 5.41) is 2.91. The van der Waals surface area contributed by atoms with Crippen LogP contribution in [0.25, 0.3) is 0 Å². The lowest BCUT2D eigenvalue weighted by Crippen LogP contribution is -2.18. The number of nitrogens with one attached hydrogen (secondary N) is 1. The molecule has 0 saturated heterocycles. The summed E-state index contributed by atoms with van der Waals surface area (Å²) in [5.41, 5.74) is 3.03. The second kappa shape index (κ2) is 4.49. The number of carbonyl (C=O) groups excluding carboxylic acids is 1. The molecule has 2 aromatic heterocycles. The molecule has 18 heavy (non-hydrogen) atoms. The monoisotopic (exact) mass is 259 g/mol. The zero-order chi connectivity index (χ0) is 12.5. The Kier molecular flexibility index (Phi) is 2.83. The maximum Gasteiger partial charge on any atom is 0.252 e. The van der Waals surface area contributed by atoms with E-state index in [2.05, 4.69) is 20.9 Å². The molecule has 0 aromatic carbocycles. The number of amides is 1. The number of nitrogens with zero attached hydrogens (tertiary/aromatic N) is 2. The number of thioether (sulfide) groups is 1. The fourth-order valence-corrected chi connectivity index (χ4v) is 3.52. The molecule has 0 saturated carbocycles. The Morgan fingerprint density at radius 1 is 1.56 bits per heavy atom. The molecule has 1 unspecified atom stereocenters. The lowest BCUT2D eigenvalue weighted by atomic mass is 10.2. The van der Waals surface area contributed by atoms with E-state index in [1.165, 1.54) is 5.56 Å². The van der Waals surface area contributed by atoms with Crippen molar-refractivity contribution in [3.05, 3.63) is 53.6 Å². The molecule has 1 amide bonds. The third kappa shape index (κ3) is 1.71. The van der Waals surface area contributed by atoms with E-state index < -0.39 is 0 Å². The smallest absolute Gasteiger partial charge is 0.252 e. The van der Waals surface area contributed by atoms with Crippen LogP contribution in [0.3, 0.4) is 0 Å². The minimum atomic E-state index is -0.0174. The molecule has 0 bridgehead atoms. The Hall–Kier alpha value is -1.75. The summed E-state index contributed by atoms with van der Waals surface area (Å²) in [5.74, 6) is 0.839. The molecular weight excluding hydrogens is 246 g/mol. The number of carbonyl (C=O) groups is 1. The number of hydrogen-bond donors (Lipinski definition) is 1. The fraction of sp³-hybridized carbons (Fsp3) is 0.231. The van der Waals surface area contributed by atoms with Gasteiger partial charge in [0, 0.05) is 42.6 Å². The van der Waals surface area contributed by atoms with Crippen LogP contribution in [0.1, 0.15) is 27.0 Å². The number of fused-ring (bicyclic) bond motifs is 1. The van der Waals surface area contributed by atoms with Crippen LogP contribution in [0.2, 0.25) is 0 Å². The van der Waals surface area contributed by atoms with E-state index in [-0.39, 0.29) is 11.3 Å². The molecule has 2 aromatic rings. The van der Waals surface area contributed by atoms with Crippen molar-refractivity contribution in [1.29, 1.82) is 0 Å². The van der Waals surface area contributed by atoms with Crippen molar-refractivity contribution in [3.8, 4) is 0 Å². The van der Waals surface area contributed by atoms with Gasteiger partial charge < -0.3 is 9.88 Å². The summed E-state index contributed by atoms with van der Waals surface area (Å²) in [6, 6.07) is 5.90. The predicted octanol–water partition coefficient (Wildman–Crippen LogP) is 2.04. The third-order valence-corrected chi connectivity index (χ3v) is 4.35. The Morgan fingerprint density at radius 2 is 2.44 bits per heavy atom. The van der Waals surface area contributed by atoms with Gasteiger partial charge in [-0.1, -0.05) is 6.07 Å². The number of hydrogen-bond acceptors (Lipinski definition) is 3. The second-order valence-corrected chi connectivity index (χ2v) is 5.18. The van der Waals surface area contributed by atoms with Crippen molar-refractivity contribution < 1.29 is 4.79 Å². The summed E-state index contributed by atoms with van der Waals surface area (Å²) >= 11 is 1.82. The van der Waals surface area contributed by atoms with E-state index in [9.17, 15) is 4.79 Å². The molecule has 3 rings (SSSR count). The Bertz CT molecular complexity index is 579. The van der Waals surface area contributed by atoms with Crippen LogP contribution in [-0.4, -0.2) is 22.5 Å². The molecule has 5 heteroatoms. The Morgan fingerprint density at radius 3 is 3.17 bits per heavy atom. The number of aromatic nitrogens is 2. The molecule has 0 aliphatic carbocycles. The third-order valence-electron chi connectivity index (χ3n) is 3.10. The summed E-state index contributed by atoms with van der Waals surface area (Å²) < 4.78 is 2.16. The fourth-order valence-electron chi connectivity index (χ4n) is 2.21. The molecule has 4 nitrogen and oxygen atoms in total. The van der Waals surface area contributed by atoms with Gasteiger partial charge in [0.15, 0.2) is 0 Å². The van der Waals surface area contributed by atoms with E-state index in [4.69, 9.17) is 0 Å². The van der Waals surface area contributed by atoms with Crippen LogP contribution in [0, 0.1) is 0 Å². The van der Waals surface area contributed by atoms with E-state index in [0.29, 0.717) is 0 Å². The second-order valence-electron chi connectivity index (χ2n) is 4.11. The summed E-state index contributed by atoms with van der Waals surface area (Å²) in [7, 11) is 1.66. The molecule has 1 aliphatic rings. The molecule has 0 spiro atoms. The molecule has 1 N–H and O–H groups in total. The van der Waals surface area contributed by atoms with Gasteiger partial charge in [0.1, 0.15) is 5.37 Å². The molecule has 1 aliphatic heterocycles. The summed E-state index contributed by atoms with van der Waals surface area (Å²) in [6.07, 6.45) is 5.64. The summed E-state index contributed by atoms with van der Waals surface area (Å²) in [6.45, 7) is 0. The van der Waals surface area contributed by atoms with Crippen molar-refractivity contribution in [2.24, 2.45) is 0 Å². The van der Waals surface area contributed by atoms with Crippen molar-refractivity contribution >= 4 is 17.7 Å². The van der Waals surface area contributed by atoms with Gasteiger partial charge in [-0.25, -0.2) is 0 Å². The minimum Gasteiger partial charge on any atom is -0.355 e. The zero-order valence-electron chi connectivity index (χ0n) is 9.96. The van der Waals surface area contributed by atoms with Crippen molar-refractivity contribution in [2.45, 2.75) is 11.1 Å². The molecule has 3 heterocycles. The van der Waals surface area contributed by atoms with Gasteiger partial charge in [-0.2, -0.15) is 0 Å². The molecule has 1 atom stereocenters. The first-order valence-electron chi connectivity index (χ1n) is 5.74. The standard InChI is InChI=1S/C13H13N3OS/c1-14-12(17)10-4-6-16-11(10)8-18-13(16)9-3-2-5-15-7-9/h2-7,13H,8H2,1H3,(H,14,17). The highest BCUT2D eigenvalue weighted by Gasteiger charge is 2.27. The Labute approximate surface area is 109 Å². The van der Waals surface area contributed by atoms with Crippen LogP contribution >= 0.6 is 11.8 Å². The minimum absolute atomic E-state index is 0.0174. The van der Waals surface area contributed by atoms with E-state index >= 15 is 0 Å². The number of pyridine rings is 1. The highest BCUT2D eigenvalue weighted by molar-refractivity contribution is 7.99. The van der Waals surface area contributed by atoms with Gasteiger partial charge in [-0.3, -0.25) is 9.78 Å². The molecule has 0 fully saturated rings. The Balaban J connectivity index is 1.99. The SMILES string of the molecule is CNC(=O)c1ccn2c1CSC2c1cccnc1. The highest BCUT2D eigenvalue weighted by atomic mass is 32.2. The average molecular weight is 259 g/mol.